The summed E-state index contributed by atoms with van der Waals surface area (Å²) in [6.07, 6.45) is 3.86. The van der Waals surface area contributed by atoms with E-state index in [4.69, 9.17) is 11.6 Å². The molecule has 0 amide bonds. The number of guanidine groups is 1. The minimum atomic E-state index is 0. The first kappa shape index (κ1) is 16.0. The lowest BCUT2D eigenvalue weighted by molar-refractivity contribution is 0.360. The largest absolute Gasteiger partial charge is 0.354 e. The van der Waals surface area contributed by atoms with E-state index in [1.54, 1.807) is 11.3 Å². The van der Waals surface area contributed by atoms with Gasteiger partial charge in [0.1, 0.15) is 0 Å². The van der Waals surface area contributed by atoms with Crippen LogP contribution in [0, 0.1) is 0 Å². The smallest absolute Gasteiger partial charge is 0.193 e. The van der Waals surface area contributed by atoms with E-state index >= 15 is 0 Å². The van der Waals surface area contributed by atoms with Gasteiger partial charge in [-0.1, -0.05) is 11.6 Å². The summed E-state index contributed by atoms with van der Waals surface area (Å²) in [5, 5.41) is 3.48. The molecule has 0 aliphatic heterocycles. The summed E-state index contributed by atoms with van der Waals surface area (Å²) in [4.78, 5) is 7.71. The first-order valence-corrected chi connectivity index (χ1v) is 7.07. The van der Waals surface area contributed by atoms with Crippen molar-refractivity contribution in [2.45, 2.75) is 31.8 Å². The Kier molecular flexibility index (Phi) is 6.73. The van der Waals surface area contributed by atoms with Crippen molar-refractivity contribution in [1.29, 1.82) is 0 Å². The van der Waals surface area contributed by atoms with Gasteiger partial charge in [0.2, 0.25) is 0 Å². The molecule has 3 nitrogen and oxygen atoms in total. The van der Waals surface area contributed by atoms with Crippen molar-refractivity contribution < 1.29 is 0 Å². The molecule has 18 heavy (non-hydrogen) atoms. The summed E-state index contributed by atoms with van der Waals surface area (Å²) in [7, 11) is 3.89. The SMILES string of the molecule is CN=C(NC1CCC1)N(C)Cc1ccc(Cl)s1.I. The Bertz CT molecular complexity index is 404. The fraction of sp³-hybridized carbons (Fsp3) is 0.583. The Morgan fingerprint density at radius 2 is 2.28 bits per heavy atom. The molecule has 0 atom stereocenters. The van der Waals surface area contributed by atoms with Crippen LogP contribution in [0.5, 0.6) is 0 Å². The zero-order valence-corrected chi connectivity index (χ0v) is 14.6. The van der Waals surface area contributed by atoms with Crippen LogP contribution in [-0.4, -0.2) is 31.0 Å². The van der Waals surface area contributed by atoms with Gasteiger partial charge in [-0.15, -0.1) is 35.3 Å². The van der Waals surface area contributed by atoms with E-state index in [2.05, 4.69) is 28.3 Å². The fourth-order valence-electron chi connectivity index (χ4n) is 1.83. The van der Waals surface area contributed by atoms with Crippen molar-refractivity contribution in [2.75, 3.05) is 14.1 Å². The third-order valence-corrected chi connectivity index (χ3v) is 4.25. The van der Waals surface area contributed by atoms with Crippen molar-refractivity contribution in [3.8, 4) is 0 Å². The molecule has 0 radical (unpaired) electrons. The highest BCUT2D eigenvalue weighted by Crippen LogP contribution is 2.23. The number of nitrogens with zero attached hydrogens (tertiary/aromatic N) is 2. The molecule has 0 bridgehead atoms. The Morgan fingerprint density at radius 1 is 1.56 bits per heavy atom. The highest BCUT2D eigenvalue weighted by atomic mass is 127. The molecule has 1 aromatic heterocycles. The van der Waals surface area contributed by atoms with E-state index in [1.807, 2.05) is 13.1 Å². The lowest BCUT2D eigenvalue weighted by Gasteiger charge is -2.31. The van der Waals surface area contributed by atoms with Gasteiger partial charge in [0.25, 0.3) is 0 Å². The van der Waals surface area contributed by atoms with Gasteiger partial charge in [-0.2, -0.15) is 0 Å². The highest BCUT2D eigenvalue weighted by Gasteiger charge is 2.19. The number of nitrogens with one attached hydrogen (secondary N) is 1. The molecule has 1 aromatic rings. The number of aliphatic imine (C=N–C) groups is 1. The summed E-state index contributed by atoms with van der Waals surface area (Å²) >= 11 is 7.55. The maximum atomic E-state index is 5.93. The van der Waals surface area contributed by atoms with Gasteiger partial charge in [-0.25, -0.2) is 0 Å². The summed E-state index contributed by atoms with van der Waals surface area (Å²) in [6, 6.07) is 4.63. The van der Waals surface area contributed by atoms with Crippen molar-refractivity contribution in [3.05, 3.63) is 21.3 Å². The zero-order valence-electron chi connectivity index (χ0n) is 10.6. The van der Waals surface area contributed by atoms with Crippen molar-refractivity contribution in [1.82, 2.24) is 10.2 Å². The van der Waals surface area contributed by atoms with Crippen LogP contribution < -0.4 is 5.32 Å². The van der Waals surface area contributed by atoms with Crippen LogP contribution in [0.3, 0.4) is 0 Å². The van der Waals surface area contributed by atoms with Gasteiger partial charge >= 0.3 is 0 Å². The number of thiophene rings is 1. The van der Waals surface area contributed by atoms with Gasteiger partial charge in [0.15, 0.2) is 5.96 Å². The van der Waals surface area contributed by atoms with Crippen LogP contribution in [0.2, 0.25) is 4.34 Å². The molecule has 1 aliphatic carbocycles. The second-order valence-corrected chi connectivity index (χ2v) is 6.18. The molecule has 1 aliphatic rings. The topological polar surface area (TPSA) is 27.6 Å². The number of hydrogen-bond acceptors (Lipinski definition) is 2. The van der Waals surface area contributed by atoms with Gasteiger partial charge in [-0.05, 0) is 31.4 Å². The molecule has 102 valence electrons. The first-order chi connectivity index (χ1) is 8.19. The normalized spacial score (nSPS) is 15.8. The Hall–Kier alpha value is -0.0100. The monoisotopic (exact) mass is 399 g/mol. The molecule has 0 unspecified atom stereocenters. The van der Waals surface area contributed by atoms with E-state index in [0.29, 0.717) is 6.04 Å². The standard InChI is InChI=1S/C12H18ClN3S.HI/c1-14-12(15-9-4-3-5-9)16(2)8-10-6-7-11(13)17-10;/h6-7,9H,3-5,8H2,1-2H3,(H,14,15);1H. The lowest BCUT2D eigenvalue weighted by atomic mass is 9.93. The second-order valence-electron chi connectivity index (χ2n) is 4.38. The zero-order chi connectivity index (χ0) is 12.3. The molecular formula is C12H19ClIN3S. The average Bonchev–Trinajstić information content (AvgIpc) is 2.62. The van der Waals surface area contributed by atoms with Crippen LogP contribution >= 0.6 is 46.9 Å². The first-order valence-electron chi connectivity index (χ1n) is 5.87. The number of halogens is 2. The van der Waals surface area contributed by atoms with Crippen LogP contribution in [0.25, 0.3) is 0 Å². The van der Waals surface area contributed by atoms with E-state index in [9.17, 15) is 0 Å². The molecule has 0 saturated heterocycles. The molecule has 1 saturated carbocycles. The van der Waals surface area contributed by atoms with Crippen LogP contribution in [0.1, 0.15) is 24.1 Å². The van der Waals surface area contributed by atoms with Crippen LogP contribution in [0.15, 0.2) is 17.1 Å². The number of rotatable bonds is 3. The maximum absolute atomic E-state index is 5.93. The molecule has 1 N–H and O–H groups in total. The molecule has 2 rings (SSSR count). The maximum Gasteiger partial charge on any atom is 0.193 e. The number of hydrogen-bond donors (Lipinski definition) is 1. The summed E-state index contributed by atoms with van der Waals surface area (Å²) < 4.78 is 0.843. The van der Waals surface area contributed by atoms with E-state index < -0.39 is 0 Å². The van der Waals surface area contributed by atoms with Gasteiger partial charge in [0, 0.05) is 25.0 Å². The van der Waals surface area contributed by atoms with E-state index in [0.717, 1.165) is 16.8 Å². The predicted molar refractivity (Wildman–Crippen MR) is 90.3 cm³/mol. The molecule has 0 spiro atoms. The summed E-state index contributed by atoms with van der Waals surface area (Å²) in [5.41, 5.74) is 0. The van der Waals surface area contributed by atoms with E-state index in [1.165, 1.54) is 24.1 Å². The summed E-state index contributed by atoms with van der Waals surface area (Å²) in [6.45, 7) is 0.851. The lowest BCUT2D eigenvalue weighted by Crippen LogP contribution is -2.46. The quantitative estimate of drug-likeness (QED) is 0.478. The molecule has 0 aromatic carbocycles. The Labute approximate surface area is 135 Å². The Balaban J connectivity index is 0.00000162. The average molecular weight is 400 g/mol. The van der Waals surface area contributed by atoms with Crippen LogP contribution in [0.4, 0.5) is 0 Å². The highest BCUT2D eigenvalue weighted by molar-refractivity contribution is 14.0. The minimum absolute atomic E-state index is 0. The third-order valence-electron chi connectivity index (χ3n) is 3.03. The summed E-state index contributed by atoms with van der Waals surface area (Å²) in [5.74, 6) is 0.972. The van der Waals surface area contributed by atoms with Crippen molar-refractivity contribution >= 4 is 52.9 Å². The molecule has 1 fully saturated rings. The van der Waals surface area contributed by atoms with Gasteiger partial charge in [0.05, 0.1) is 10.9 Å². The minimum Gasteiger partial charge on any atom is -0.354 e. The van der Waals surface area contributed by atoms with Crippen molar-refractivity contribution in [2.24, 2.45) is 4.99 Å². The van der Waals surface area contributed by atoms with Crippen molar-refractivity contribution in [3.63, 3.8) is 0 Å². The second kappa shape index (κ2) is 7.55. The van der Waals surface area contributed by atoms with E-state index in [-0.39, 0.29) is 24.0 Å². The van der Waals surface area contributed by atoms with Crippen LogP contribution in [-0.2, 0) is 6.54 Å². The predicted octanol–water partition coefficient (Wildman–Crippen LogP) is 3.58. The molecule has 6 heteroatoms. The Morgan fingerprint density at radius 3 is 2.72 bits per heavy atom. The van der Waals surface area contributed by atoms with Gasteiger partial charge < -0.3 is 10.2 Å². The van der Waals surface area contributed by atoms with Gasteiger partial charge in [-0.3, -0.25) is 4.99 Å². The fourth-order valence-corrected chi connectivity index (χ4v) is 2.97. The molecule has 1 heterocycles. The third kappa shape index (κ3) is 4.28. The molecular weight excluding hydrogens is 381 g/mol.